The Kier molecular flexibility index (Phi) is 3.91. The minimum Gasteiger partial charge on any atom is -0.496 e. The first kappa shape index (κ1) is 17.1. The molecule has 1 aromatic carbocycles. The molecule has 27 heavy (non-hydrogen) atoms. The molecule has 2 aromatic heterocycles. The first-order valence-corrected chi connectivity index (χ1v) is 8.61. The molecule has 8 heteroatoms. The summed E-state index contributed by atoms with van der Waals surface area (Å²) >= 11 is 0. The van der Waals surface area contributed by atoms with Gasteiger partial charge in [0.05, 0.1) is 46.8 Å². The summed E-state index contributed by atoms with van der Waals surface area (Å²) < 4.78 is 15.2. The highest BCUT2D eigenvalue weighted by Crippen LogP contribution is 2.44. The predicted molar refractivity (Wildman–Crippen MR) is 106 cm³/mol. The zero-order valence-corrected chi connectivity index (χ0v) is 15.7. The average molecular weight is 367 g/mol. The van der Waals surface area contributed by atoms with Gasteiger partial charge in [-0.1, -0.05) is 0 Å². The number of nitrogens with two attached hydrogens (primary N) is 1. The minimum atomic E-state index is -0.136. The topological polar surface area (TPSA) is 96.7 Å². The summed E-state index contributed by atoms with van der Waals surface area (Å²) in [5.41, 5.74) is 9.39. The van der Waals surface area contributed by atoms with Crippen molar-refractivity contribution >= 4 is 33.7 Å². The first-order valence-electron chi connectivity index (χ1n) is 8.61. The molecule has 140 valence electrons. The van der Waals surface area contributed by atoms with Crippen molar-refractivity contribution in [2.24, 2.45) is 17.8 Å². The predicted octanol–water partition coefficient (Wildman–Crippen LogP) is 1.85. The molecular weight excluding hydrogens is 346 g/mol. The van der Waals surface area contributed by atoms with Crippen molar-refractivity contribution in [3.8, 4) is 11.5 Å². The fraction of sp³-hybridized carbons (Fsp3) is 0.316. The van der Waals surface area contributed by atoms with Gasteiger partial charge < -0.3 is 15.2 Å². The Morgan fingerprint density at radius 2 is 2.30 bits per heavy atom. The number of methoxy groups -OCH3 is 1. The summed E-state index contributed by atoms with van der Waals surface area (Å²) in [6, 6.07) is 1.70. The molecule has 0 spiro atoms. The number of ether oxygens (including phenoxy) is 2. The van der Waals surface area contributed by atoms with Crippen LogP contribution >= 0.6 is 0 Å². The first-order chi connectivity index (χ1) is 13.0. The number of hydrogen-bond donors (Lipinski definition) is 1. The molecule has 0 saturated carbocycles. The molecule has 3 aromatic rings. The van der Waals surface area contributed by atoms with Gasteiger partial charge in [-0.3, -0.25) is 19.1 Å². The molecule has 0 bridgehead atoms. The van der Waals surface area contributed by atoms with Crippen molar-refractivity contribution < 1.29 is 9.47 Å². The molecule has 1 aliphatic rings. The van der Waals surface area contributed by atoms with Crippen LogP contribution in [0.5, 0.6) is 11.5 Å². The Bertz CT molecular complexity index is 1190. The summed E-state index contributed by atoms with van der Waals surface area (Å²) in [5, 5.41) is 0.772. The molecule has 0 radical (unpaired) electrons. The van der Waals surface area contributed by atoms with E-state index in [0.717, 1.165) is 16.4 Å². The number of allylic oxidation sites excluding steroid dienone is 1. The molecule has 1 atom stereocenters. The van der Waals surface area contributed by atoms with Crippen LogP contribution in [0.15, 0.2) is 28.3 Å². The van der Waals surface area contributed by atoms with Crippen LogP contribution in [0, 0.1) is 0 Å². The maximum absolute atomic E-state index is 12.8. The molecular formula is C19H21N5O3. The SMILES string of the molecule is CN=CC(=CN)c1c(OC)cc2ncc3c4c2c1OC[C@H](C)n4c(=O)n3C. The lowest BCUT2D eigenvalue weighted by molar-refractivity contribution is 0.265. The molecule has 0 saturated heterocycles. The van der Waals surface area contributed by atoms with Crippen LogP contribution in [-0.2, 0) is 7.05 Å². The highest BCUT2D eigenvalue weighted by molar-refractivity contribution is 6.17. The van der Waals surface area contributed by atoms with Gasteiger partial charge >= 0.3 is 5.69 Å². The van der Waals surface area contributed by atoms with Crippen molar-refractivity contribution in [1.29, 1.82) is 0 Å². The van der Waals surface area contributed by atoms with Crippen molar-refractivity contribution in [1.82, 2.24) is 14.1 Å². The van der Waals surface area contributed by atoms with Crippen LogP contribution in [0.25, 0.3) is 27.5 Å². The van der Waals surface area contributed by atoms with E-state index in [9.17, 15) is 4.79 Å². The zero-order chi connectivity index (χ0) is 19.3. The summed E-state index contributed by atoms with van der Waals surface area (Å²) in [6.07, 6.45) is 4.84. The number of aliphatic imine (C=N–C) groups is 1. The van der Waals surface area contributed by atoms with E-state index in [1.807, 2.05) is 13.0 Å². The van der Waals surface area contributed by atoms with E-state index in [1.54, 1.807) is 42.8 Å². The maximum atomic E-state index is 12.8. The van der Waals surface area contributed by atoms with Gasteiger partial charge in [0.1, 0.15) is 18.1 Å². The van der Waals surface area contributed by atoms with Crippen LogP contribution in [0.1, 0.15) is 18.5 Å². The second kappa shape index (κ2) is 6.15. The monoisotopic (exact) mass is 367 g/mol. The van der Waals surface area contributed by atoms with Crippen molar-refractivity contribution in [2.75, 3.05) is 20.8 Å². The number of imidazole rings is 1. The van der Waals surface area contributed by atoms with Crippen molar-refractivity contribution in [3.63, 3.8) is 0 Å². The van der Waals surface area contributed by atoms with E-state index in [-0.39, 0.29) is 11.7 Å². The van der Waals surface area contributed by atoms with E-state index < -0.39 is 0 Å². The van der Waals surface area contributed by atoms with Crippen LogP contribution in [0.2, 0.25) is 0 Å². The lowest BCUT2D eigenvalue weighted by Gasteiger charge is -2.17. The van der Waals surface area contributed by atoms with E-state index >= 15 is 0 Å². The van der Waals surface area contributed by atoms with Gasteiger partial charge in [0, 0.05) is 38.1 Å². The Balaban J connectivity index is 2.27. The smallest absolute Gasteiger partial charge is 0.329 e. The third-order valence-electron chi connectivity index (χ3n) is 4.99. The second-order valence-corrected chi connectivity index (χ2v) is 6.55. The molecule has 0 aliphatic carbocycles. The molecule has 1 aliphatic heterocycles. The van der Waals surface area contributed by atoms with Crippen LogP contribution in [-0.4, -0.2) is 41.1 Å². The number of pyridine rings is 1. The maximum Gasteiger partial charge on any atom is 0.329 e. The Labute approximate surface area is 155 Å². The number of benzene rings is 1. The molecule has 3 heterocycles. The summed E-state index contributed by atoms with van der Waals surface area (Å²) in [7, 11) is 5.01. The van der Waals surface area contributed by atoms with Gasteiger partial charge in [0.2, 0.25) is 0 Å². The van der Waals surface area contributed by atoms with Gasteiger partial charge in [-0.15, -0.1) is 0 Å². The number of aromatic nitrogens is 3. The number of rotatable bonds is 3. The molecule has 2 N–H and O–H groups in total. The lowest BCUT2D eigenvalue weighted by Crippen LogP contribution is -2.27. The minimum absolute atomic E-state index is 0.0923. The lowest BCUT2D eigenvalue weighted by atomic mass is 10.0. The third-order valence-corrected chi connectivity index (χ3v) is 4.99. The normalized spacial score (nSPS) is 17.0. The van der Waals surface area contributed by atoms with Crippen molar-refractivity contribution in [2.45, 2.75) is 13.0 Å². The van der Waals surface area contributed by atoms with E-state index in [0.29, 0.717) is 34.8 Å². The fourth-order valence-electron chi connectivity index (χ4n) is 3.72. The van der Waals surface area contributed by atoms with Gasteiger partial charge in [-0.25, -0.2) is 4.79 Å². The number of hydrogen-bond acceptors (Lipinski definition) is 6. The Morgan fingerprint density at radius 3 is 2.96 bits per heavy atom. The molecule has 8 nitrogen and oxygen atoms in total. The van der Waals surface area contributed by atoms with Gasteiger partial charge in [0.15, 0.2) is 0 Å². The van der Waals surface area contributed by atoms with Gasteiger partial charge in [-0.05, 0) is 6.92 Å². The van der Waals surface area contributed by atoms with Gasteiger partial charge in [0.25, 0.3) is 0 Å². The third kappa shape index (κ3) is 2.26. The number of nitrogens with zero attached hydrogens (tertiary/aromatic N) is 4. The average Bonchev–Trinajstić information content (AvgIpc) is 2.83. The van der Waals surface area contributed by atoms with Crippen LogP contribution < -0.4 is 20.9 Å². The molecule has 4 rings (SSSR count). The summed E-state index contributed by atoms with van der Waals surface area (Å²) in [6.45, 7) is 2.30. The molecule has 0 amide bonds. The largest absolute Gasteiger partial charge is 0.496 e. The van der Waals surface area contributed by atoms with Gasteiger partial charge in [-0.2, -0.15) is 0 Å². The zero-order valence-electron chi connectivity index (χ0n) is 15.7. The Morgan fingerprint density at radius 1 is 1.52 bits per heavy atom. The van der Waals surface area contributed by atoms with Crippen molar-refractivity contribution in [3.05, 3.63) is 34.5 Å². The molecule has 0 fully saturated rings. The highest BCUT2D eigenvalue weighted by Gasteiger charge is 2.28. The Hall–Kier alpha value is -3.29. The van der Waals surface area contributed by atoms with E-state index in [2.05, 4.69) is 9.98 Å². The second-order valence-electron chi connectivity index (χ2n) is 6.55. The van der Waals surface area contributed by atoms with Crippen LogP contribution in [0.4, 0.5) is 0 Å². The van der Waals surface area contributed by atoms with E-state index in [4.69, 9.17) is 15.2 Å². The summed E-state index contributed by atoms with van der Waals surface area (Å²) in [4.78, 5) is 21.5. The summed E-state index contributed by atoms with van der Waals surface area (Å²) in [5.74, 6) is 1.18. The number of aryl methyl sites for hydroxylation is 1. The van der Waals surface area contributed by atoms with E-state index in [1.165, 1.54) is 6.20 Å². The van der Waals surface area contributed by atoms with Crippen LogP contribution in [0.3, 0.4) is 0 Å². The standard InChI is InChI=1S/C19H21N5O3/c1-10-9-27-18-15(11(6-20)7-21-2)14(26-4)5-12-16(18)17-13(8-22-12)23(3)19(25)24(10)17/h5-8,10H,9,20H2,1-4H3/t10-/m0/s1. The highest BCUT2D eigenvalue weighted by atomic mass is 16.5. The fourth-order valence-corrected chi connectivity index (χ4v) is 3.72. The quantitative estimate of drug-likeness (QED) is 0.713. The molecule has 0 unspecified atom stereocenters.